The zero-order valence-corrected chi connectivity index (χ0v) is 9.19. The molecule has 15 heavy (non-hydrogen) atoms. The lowest BCUT2D eigenvalue weighted by atomic mass is 10.5. The number of nitrogens with zero attached hydrogens (tertiary/aromatic N) is 2. The van der Waals surface area contributed by atoms with Crippen LogP contribution in [0.25, 0.3) is 0 Å². The summed E-state index contributed by atoms with van der Waals surface area (Å²) in [6.45, 7) is 5.49. The number of carbonyl (C=O) groups excluding carboxylic acids is 1. The van der Waals surface area contributed by atoms with Gasteiger partial charge >= 0.3 is 0 Å². The van der Waals surface area contributed by atoms with E-state index in [-0.39, 0.29) is 12.5 Å². The topological polar surface area (TPSA) is 56.1 Å². The summed E-state index contributed by atoms with van der Waals surface area (Å²) in [5.41, 5.74) is 0. The van der Waals surface area contributed by atoms with Gasteiger partial charge in [0, 0.05) is 13.1 Å². The second kappa shape index (κ2) is 6.06. The van der Waals surface area contributed by atoms with Crippen LogP contribution in [-0.2, 0) is 11.3 Å². The van der Waals surface area contributed by atoms with Crippen molar-refractivity contribution in [2.45, 2.75) is 26.8 Å². The van der Waals surface area contributed by atoms with E-state index in [4.69, 9.17) is 4.74 Å². The van der Waals surface area contributed by atoms with Gasteiger partial charge in [0.2, 0.25) is 0 Å². The lowest BCUT2D eigenvalue weighted by Gasteiger charge is -2.02. The first-order valence-electron chi connectivity index (χ1n) is 5.18. The van der Waals surface area contributed by atoms with Gasteiger partial charge in [-0.3, -0.25) is 9.48 Å². The van der Waals surface area contributed by atoms with Crippen LogP contribution < -0.4 is 10.1 Å². The van der Waals surface area contributed by atoms with Crippen molar-refractivity contribution in [3.8, 4) is 5.75 Å². The molecular weight excluding hydrogens is 194 g/mol. The van der Waals surface area contributed by atoms with Gasteiger partial charge in [0.1, 0.15) is 0 Å². The summed E-state index contributed by atoms with van der Waals surface area (Å²) in [5.74, 6) is 0.524. The molecule has 0 saturated carbocycles. The third kappa shape index (κ3) is 4.01. The molecule has 5 heteroatoms. The SMILES string of the molecule is CCCn1cc(OCC(=O)NCC)cn1. The molecule has 1 N–H and O–H groups in total. The maximum absolute atomic E-state index is 11.1. The first-order chi connectivity index (χ1) is 7.26. The van der Waals surface area contributed by atoms with E-state index in [1.807, 2.05) is 6.92 Å². The Labute approximate surface area is 89.4 Å². The van der Waals surface area contributed by atoms with E-state index in [0.29, 0.717) is 12.3 Å². The fraction of sp³-hybridized carbons (Fsp3) is 0.600. The molecule has 0 aliphatic carbocycles. The summed E-state index contributed by atoms with van der Waals surface area (Å²) < 4.78 is 7.05. The minimum Gasteiger partial charge on any atom is -0.480 e. The van der Waals surface area contributed by atoms with Crippen molar-refractivity contribution < 1.29 is 9.53 Å². The van der Waals surface area contributed by atoms with E-state index in [1.165, 1.54) is 0 Å². The molecule has 0 unspecified atom stereocenters. The summed E-state index contributed by atoms with van der Waals surface area (Å²) >= 11 is 0. The van der Waals surface area contributed by atoms with Gasteiger partial charge < -0.3 is 10.1 Å². The van der Waals surface area contributed by atoms with Crippen molar-refractivity contribution in [3.63, 3.8) is 0 Å². The molecule has 0 radical (unpaired) electrons. The average Bonchev–Trinajstić information content (AvgIpc) is 2.64. The summed E-state index contributed by atoms with van der Waals surface area (Å²) in [6, 6.07) is 0. The smallest absolute Gasteiger partial charge is 0.257 e. The number of ether oxygens (including phenoxy) is 1. The zero-order valence-electron chi connectivity index (χ0n) is 9.19. The normalized spacial score (nSPS) is 10.0. The third-order valence-electron chi connectivity index (χ3n) is 1.81. The Hall–Kier alpha value is -1.52. The maximum Gasteiger partial charge on any atom is 0.257 e. The monoisotopic (exact) mass is 211 g/mol. The van der Waals surface area contributed by atoms with Gasteiger partial charge in [0.05, 0.1) is 12.4 Å². The van der Waals surface area contributed by atoms with Crippen molar-refractivity contribution in [3.05, 3.63) is 12.4 Å². The van der Waals surface area contributed by atoms with E-state index >= 15 is 0 Å². The lowest BCUT2D eigenvalue weighted by molar-refractivity contribution is -0.122. The van der Waals surface area contributed by atoms with Crippen molar-refractivity contribution in [1.82, 2.24) is 15.1 Å². The minimum atomic E-state index is -0.110. The molecule has 0 saturated heterocycles. The summed E-state index contributed by atoms with van der Waals surface area (Å²) in [4.78, 5) is 11.1. The molecule has 1 rings (SSSR count). The van der Waals surface area contributed by atoms with Gasteiger partial charge in [-0.05, 0) is 13.3 Å². The van der Waals surface area contributed by atoms with Gasteiger partial charge in [-0.2, -0.15) is 5.10 Å². The van der Waals surface area contributed by atoms with Gasteiger partial charge in [-0.25, -0.2) is 0 Å². The van der Waals surface area contributed by atoms with Crippen LogP contribution in [-0.4, -0.2) is 28.8 Å². The number of rotatable bonds is 6. The van der Waals surface area contributed by atoms with E-state index < -0.39 is 0 Å². The summed E-state index contributed by atoms with van der Waals surface area (Å²) in [7, 11) is 0. The fourth-order valence-electron chi connectivity index (χ4n) is 1.17. The highest BCUT2D eigenvalue weighted by Crippen LogP contribution is 2.07. The Kier molecular flexibility index (Phi) is 4.66. The first-order valence-corrected chi connectivity index (χ1v) is 5.18. The van der Waals surface area contributed by atoms with Crippen molar-refractivity contribution >= 4 is 5.91 Å². The van der Waals surface area contributed by atoms with E-state index in [9.17, 15) is 4.79 Å². The second-order valence-electron chi connectivity index (χ2n) is 3.18. The number of hydrogen-bond donors (Lipinski definition) is 1. The van der Waals surface area contributed by atoms with Gasteiger partial charge in [0.25, 0.3) is 5.91 Å². The largest absolute Gasteiger partial charge is 0.480 e. The lowest BCUT2D eigenvalue weighted by Crippen LogP contribution is -2.28. The predicted molar refractivity (Wildman–Crippen MR) is 56.7 cm³/mol. The fourth-order valence-corrected chi connectivity index (χ4v) is 1.17. The van der Waals surface area contributed by atoms with E-state index in [1.54, 1.807) is 17.1 Å². The molecule has 0 aliphatic rings. The van der Waals surface area contributed by atoms with Crippen molar-refractivity contribution in [2.24, 2.45) is 0 Å². The number of carbonyl (C=O) groups is 1. The van der Waals surface area contributed by atoms with Gasteiger partial charge in [-0.1, -0.05) is 6.92 Å². The molecular formula is C10H17N3O2. The Morgan fingerprint density at radius 3 is 3.07 bits per heavy atom. The van der Waals surface area contributed by atoms with E-state index in [2.05, 4.69) is 17.3 Å². The van der Waals surface area contributed by atoms with Crippen molar-refractivity contribution in [1.29, 1.82) is 0 Å². The number of likely N-dealkylation sites (N-methyl/N-ethyl adjacent to an activating group) is 1. The van der Waals surface area contributed by atoms with E-state index in [0.717, 1.165) is 13.0 Å². The second-order valence-corrected chi connectivity index (χ2v) is 3.18. The van der Waals surface area contributed by atoms with Gasteiger partial charge in [0.15, 0.2) is 12.4 Å². The zero-order chi connectivity index (χ0) is 11.1. The van der Waals surface area contributed by atoms with Gasteiger partial charge in [-0.15, -0.1) is 0 Å². The highest BCUT2D eigenvalue weighted by atomic mass is 16.5. The van der Waals surface area contributed by atoms with Crippen LogP contribution in [0.2, 0.25) is 0 Å². The third-order valence-corrected chi connectivity index (χ3v) is 1.81. The molecule has 1 aromatic rings. The number of aromatic nitrogens is 2. The molecule has 0 fully saturated rings. The highest BCUT2D eigenvalue weighted by Gasteiger charge is 2.02. The molecule has 1 amide bonds. The van der Waals surface area contributed by atoms with Crippen LogP contribution in [0, 0.1) is 0 Å². The van der Waals surface area contributed by atoms with Crippen LogP contribution in [0.4, 0.5) is 0 Å². The van der Waals surface area contributed by atoms with Crippen LogP contribution in [0.3, 0.4) is 0 Å². The summed E-state index contributed by atoms with van der Waals surface area (Å²) in [6.07, 6.45) is 4.44. The van der Waals surface area contributed by atoms with Crippen LogP contribution >= 0.6 is 0 Å². The number of nitrogens with one attached hydrogen (secondary N) is 1. The molecule has 5 nitrogen and oxygen atoms in total. The molecule has 0 spiro atoms. The Balaban J connectivity index is 2.34. The first kappa shape index (κ1) is 11.6. The Morgan fingerprint density at radius 1 is 1.60 bits per heavy atom. The number of aryl methyl sites for hydroxylation is 1. The standard InChI is InChI=1S/C10H17N3O2/c1-3-5-13-7-9(6-12-13)15-8-10(14)11-4-2/h6-7H,3-5,8H2,1-2H3,(H,11,14). The number of hydrogen-bond acceptors (Lipinski definition) is 3. The minimum absolute atomic E-state index is 0.0473. The average molecular weight is 211 g/mol. The quantitative estimate of drug-likeness (QED) is 0.757. The Bertz CT molecular complexity index is 309. The molecule has 1 heterocycles. The van der Waals surface area contributed by atoms with Crippen LogP contribution in [0.1, 0.15) is 20.3 Å². The molecule has 0 aromatic carbocycles. The molecule has 1 aromatic heterocycles. The molecule has 0 aliphatic heterocycles. The van der Waals surface area contributed by atoms with Crippen LogP contribution in [0.5, 0.6) is 5.75 Å². The number of amides is 1. The Morgan fingerprint density at radius 2 is 2.40 bits per heavy atom. The molecule has 84 valence electrons. The molecule has 0 bridgehead atoms. The maximum atomic E-state index is 11.1. The summed E-state index contributed by atoms with van der Waals surface area (Å²) in [5, 5.41) is 6.75. The van der Waals surface area contributed by atoms with Crippen LogP contribution in [0.15, 0.2) is 12.4 Å². The highest BCUT2D eigenvalue weighted by molar-refractivity contribution is 5.77. The van der Waals surface area contributed by atoms with Crippen molar-refractivity contribution in [2.75, 3.05) is 13.2 Å². The molecule has 0 atom stereocenters. The predicted octanol–water partition coefficient (Wildman–Crippen LogP) is 0.808.